The summed E-state index contributed by atoms with van der Waals surface area (Å²) >= 11 is 0. The van der Waals surface area contributed by atoms with E-state index >= 15 is 0 Å². The Morgan fingerprint density at radius 1 is 1.67 bits per heavy atom. The van der Waals surface area contributed by atoms with Crippen LogP contribution in [0.1, 0.15) is 30.8 Å². The van der Waals surface area contributed by atoms with E-state index in [0.717, 1.165) is 19.5 Å². The second-order valence-electron chi connectivity index (χ2n) is 4.84. The first kappa shape index (κ1) is 10.0. The van der Waals surface area contributed by atoms with E-state index in [1.807, 2.05) is 4.90 Å². The number of nitrogens with one attached hydrogen (secondary N) is 1. The summed E-state index contributed by atoms with van der Waals surface area (Å²) in [7, 11) is 0. The van der Waals surface area contributed by atoms with Gasteiger partial charge >= 0.3 is 0 Å². The molecule has 5 heteroatoms. The van der Waals surface area contributed by atoms with Crippen LogP contribution in [0.3, 0.4) is 0 Å². The van der Waals surface area contributed by atoms with E-state index in [2.05, 4.69) is 24.0 Å². The number of anilines is 1. The Bertz CT molecular complexity index is 383. The monoisotopic (exact) mass is 208 g/mol. The maximum Gasteiger partial charge on any atom is 0.274 e. The molecule has 3 N–H and O–H groups in total. The van der Waals surface area contributed by atoms with Crippen LogP contribution in [0, 0.1) is 5.41 Å². The van der Waals surface area contributed by atoms with E-state index in [1.165, 1.54) is 6.20 Å². The molecule has 2 rings (SSSR count). The van der Waals surface area contributed by atoms with Gasteiger partial charge in [-0.2, -0.15) is 5.10 Å². The quantitative estimate of drug-likeness (QED) is 0.719. The molecule has 0 aliphatic carbocycles. The van der Waals surface area contributed by atoms with Crippen molar-refractivity contribution >= 4 is 11.6 Å². The zero-order valence-electron chi connectivity index (χ0n) is 9.08. The van der Waals surface area contributed by atoms with Gasteiger partial charge in [-0.25, -0.2) is 0 Å². The van der Waals surface area contributed by atoms with E-state index < -0.39 is 0 Å². The molecule has 0 radical (unpaired) electrons. The normalized spacial score (nSPS) is 19.5. The van der Waals surface area contributed by atoms with Gasteiger partial charge in [-0.15, -0.1) is 0 Å². The van der Waals surface area contributed by atoms with Gasteiger partial charge in [0, 0.05) is 13.1 Å². The lowest BCUT2D eigenvalue weighted by atomic mass is 9.93. The molecule has 1 saturated heterocycles. The Kier molecular flexibility index (Phi) is 2.17. The molecule has 1 aromatic heterocycles. The number of rotatable bonds is 1. The van der Waals surface area contributed by atoms with Crippen molar-refractivity contribution < 1.29 is 4.79 Å². The third kappa shape index (κ3) is 1.82. The van der Waals surface area contributed by atoms with Gasteiger partial charge in [0.05, 0.1) is 11.9 Å². The number of aromatic nitrogens is 2. The number of hydrogen-bond donors (Lipinski definition) is 2. The third-order valence-electron chi connectivity index (χ3n) is 2.85. The second-order valence-corrected chi connectivity index (χ2v) is 4.84. The van der Waals surface area contributed by atoms with Crippen LogP contribution in [-0.2, 0) is 0 Å². The molecule has 1 aromatic rings. The summed E-state index contributed by atoms with van der Waals surface area (Å²) in [5.41, 5.74) is 6.68. The lowest BCUT2D eigenvalue weighted by Gasteiger charge is -2.19. The van der Waals surface area contributed by atoms with Crippen molar-refractivity contribution in [2.24, 2.45) is 5.41 Å². The summed E-state index contributed by atoms with van der Waals surface area (Å²) in [5, 5.41) is 6.40. The zero-order chi connectivity index (χ0) is 11.1. The molecule has 15 heavy (non-hydrogen) atoms. The van der Waals surface area contributed by atoms with Crippen LogP contribution in [0.25, 0.3) is 0 Å². The van der Waals surface area contributed by atoms with Crippen molar-refractivity contribution in [1.82, 2.24) is 15.1 Å². The van der Waals surface area contributed by atoms with Crippen molar-refractivity contribution in [2.75, 3.05) is 18.8 Å². The Balaban J connectivity index is 2.14. The molecule has 1 amide bonds. The van der Waals surface area contributed by atoms with Crippen molar-refractivity contribution in [1.29, 1.82) is 0 Å². The highest BCUT2D eigenvalue weighted by molar-refractivity contribution is 5.97. The first-order chi connectivity index (χ1) is 6.99. The van der Waals surface area contributed by atoms with Gasteiger partial charge in [-0.1, -0.05) is 13.8 Å². The fourth-order valence-corrected chi connectivity index (χ4v) is 1.91. The summed E-state index contributed by atoms with van der Waals surface area (Å²) < 4.78 is 0. The van der Waals surface area contributed by atoms with Gasteiger partial charge in [0.2, 0.25) is 0 Å². The van der Waals surface area contributed by atoms with Crippen molar-refractivity contribution in [2.45, 2.75) is 20.3 Å². The first-order valence-corrected chi connectivity index (χ1v) is 5.08. The minimum absolute atomic E-state index is 0.0458. The molecule has 0 saturated carbocycles. The number of nitrogens with two attached hydrogens (primary N) is 1. The van der Waals surface area contributed by atoms with Crippen molar-refractivity contribution in [3.63, 3.8) is 0 Å². The molecule has 1 fully saturated rings. The topological polar surface area (TPSA) is 75.0 Å². The Morgan fingerprint density at radius 2 is 2.40 bits per heavy atom. The molecule has 82 valence electrons. The Morgan fingerprint density at radius 3 is 2.87 bits per heavy atom. The van der Waals surface area contributed by atoms with Crippen LogP contribution >= 0.6 is 0 Å². The van der Waals surface area contributed by atoms with E-state index in [9.17, 15) is 4.79 Å². The molecule has 5 nitrogen and oxygen atoms in total. The number of nitrogen functional groups attached to an aromatic ring is 1. The molecular formula is C10H16N4O. The Labute approximate surface area is 88.6 Å². The number of H-pyrrole nitrogens is 1. The van der Waals surface area contributed by atoms with E-state index in [1.54, 1.807) is 0 Å². The summed E-state index contributed by atoms with van der Waals surface area (Å²) in [4.78, 5) is 13.8. The fraction of sp³-hybridized carbons (Fsp3) is 0.600. The predicted molar refractivity (Wildman–Crippen MR) is 57.3 cm³/mol. The van der Waals surface area contributed by atoms with E-state index in [-0.39, 0.29) is 11.3 Å². The van der Waals surface area contributed by atoms with Gasteiger partial charge < -0.3 is 10.6 Å². The molecule has 0 atom stereocenters. The molecule has 2 heterocycles. The summed E-state index contributed by atoms with van der Waals surface area (Å²) in [5.74, 6) is -0.0458. The van der Waals surface area contributed by atoms with Gasteiger partial charge in [-0.05, 0) is 11.8 Å². The van der Waals surface area contributed by atoms with Gasteiger partial charge in [-0.3, -0.25) is 9.89 Å². The molecular weight excluding hydrogens is 192 g/mol. The highest BCUT2D eigenvalue weighted by atomic mass is 16.2. The summed E-state index contributed by atoms with van der Waals surface area (Å²) in [6, 6.07) is 0. The molecule has 0 unspecified atom stereocenters. The standard InChI is InChI=1S/C10H16N4O/c1-10(2)3-4-14(6-10)9(15)8-7(11)5-12-13-8/h5H,3-4,6,11H2,1-2H3,(H,12,13). The average Bonchev–Trinajstić information content (AvgIpc) is 2.71. The number of nitrogens with zero attached hydrogens (tertiary/aromatic N) is 2. The highest BCUT2D eigenvalue weighted by Crippen LogP contribution is 2.29. The third-order valence-corrected chi connectivity index (χ3v) is 2.85. The second kappa shape index (κ2) is 3.25. The highest BCUT2D eigenvalue weighted by Gasteiger charge is 2.33. The smallest absolute Gasteiger partial charge is 0.274 e. The summed E-state index contributed by atoms with van der Waals surface area (Å²) in [6.07, 6.45) is 2.50. The molecule has 0 spiro atoms. The van der Waals surface area contributed by atoms with E-state index in [0.29, 0.717) is 11.4 Å². The number of hydrogen-bond acceptors (Lipinski definition) is 3. The first-order valence-electron chi connectivity index (χ1n) is 5.08. The van der Waals surface area contributed by atoms with Crippen molar-refractivity contribution in [3.05, 3.63) is 11.9 Å². The molecule has 1 aliphatic heterocycles. The molecule has 0 aromatic carbocycles. The minimum Gasteiger partial charge on any atom is -0.396 e. The summed E-state index contributed by atoms with van der Waals surface area (Å²) in [6.45, 7) is 5.90. The van der Waals surface area contributed by atoms with Crippen LogP contribution < -0.4 is 5.73 Å². The van der Waals surface area contributed by atoms with Crippen LogP contribution in [-0.4, -0.2) is 34.1 Å². The van der Waals surface area contributed by atoms with E-state index in [4.69, 9.17) is 5.73 Å². The zero-order valence-corrected chi connectivity index (χ0v) is 9.08. The SMILES string of the molecule is CC1(C)CCN(C(=O)c2[nH]ncc2N)C1. The molecule has 1 aliphatic rings. The maximum absolute atomic E-state index is 12.0. The van der Waals surface area contributed by atoms with Crippen molar-refractivity contribution in [3.8, 4) is 0 Å². The lowest BCUT2D eigenvalue weighted by Crippen LogP contribution is -2.31. The molecule has 0 bridgehead atoms. The van der Waals surface area contributed by atoms with Gasteiger partial charge in [0.15, 0.2) is 0 Å². The number of carbonyl (C=O) groups is 1. The average molecular weight is 208 g/mol. The fourth-order valence-electron chi connectivity index (χ4n) is 1.91. The Hall–Kier alpha value is -1.52. The number of aromatic amines is 1. The maximum atomic E-state index is 12.0. The number of carbonyl (C=O) groups excluding carboxylic acids is 1. The number of amides is 1. The van der Waals surface area contributed by atoms with Crippen LogP contribution in [0.15, 0.2) is 6.20 Å². The minimum atomic E-state index is -0.0458. The van der Waals surface area contributed by atoms with Crippen LogP contribution in [0.2, 0.25) is 0 Å². The largest absolute Gasteiger partial charge is 0.396 e. The van der Waals surface area contributed by atoms with Crippen LogP contribution in [0.4, 0.5) is 5.69 Å². The predicted octanol–water partition coefficient (Wildman–Crippen LogP) is 0.864. The van der Waals surface area contributed by atoms with Crippen LogP contribution in [0.5, 0.6) is 0 Å². The number of likely N-dealkylation sites (tertiary alicyclic amines) is 1. The lowest BCUT2D eigenvalue weighted by molar-refractivity contribution is 0.0773. The van der Waals surface area contributed by atoms with Gasteiger partial charge in [0.25, 0.3) is 5.91 Å². The van der Waals surface area contributed by atoms with Gasteiger partial charge in [0.1, 0.15) is 5.69 Å².